The molecule has 0 bridgehead atoms. The molecule has 0 fully saturated rings. The standard InChI is InChI=1S/C10H13FN2O/c1-2-3-4-10(14)13-9-5-8(11)6-12-7-9/h5-7H,2-4H2,1H3,(H,13,14). The summed E-state index contributed by atoms with van der Waals surface area (Å²) in [5.41, 5.74) is 0.408. The fourth-order valence-electron chi connectivity index (χ4n) is 1.04. The number of anilines is 1. The minimum Gasteiger partial charge on any atom is -0.325 e. The Kier molecular flexibility index (Phi) is 4.04. The molecule has 0 unspecified atom stereocenters. The van der Waals surface area contributed by atoms with Crippen LogP contribution in [0.25, 0.3) is 0 Å². The zero-order valence-electron chi connectivity index (χ0n) is 8.09. The van der Waals surface area contributed by atoms with Gasteiger partial charge in [-0.05, 0) is 6.42 Å². The van der Waals surface area contributed by atoms with Crippen LogP contribution in [0.1, 0.15) is 26.2 Å². The number of nitrogens with one attached hydrogen (secondary N) is 1. The first kappa shape index (κ1) is 10.6. The SMILES string of the molecule is CCCCC(=O)Nc1cncc(F)c1. The molecule has 76 valence electrons. The highest BCUT2D eigenvalue weighted by Crippen LogP contribution is 2.07. The number of aromatic nitrogens is 1. The summed E-state index contributed by atoms with van der Waals surface area (Å²) in [6.07, 6.45) is 4.80. The molecule has 0 saturated heterocycles. The van der Waals surface area contributed by atoms with Crippen molar-refractivity contribution in [2.45, 2.75) is 26.2 Å². The van der Waals surface area contributed by atoms with Gasteiger partial charge in [-0.15, -0.1) is 0 Å². The minimum atomic E-state index is -0.446. The number of amides is 1. The van der Waals surface area contributed by atoms with Crippen LogP contribution >= 0.6 is 0 Å². The molecule has 1 heterocycles. The van der Waals surface area contributed by atoms with E-state index in [9.17, 15) is 9.18 Å². The molecule has 3 nitrogen and oxygen atoms in total. The molecule has 1 amide bonds. The van der Waals surface area contributed by atoms with Crippen molar-refractivity contribution in [1.29, 1.82) is 0 Å². The molecule has 0 atom stereocenters. The Hall–Kier alpha value is -1.45. The van der Waals surface area contributed by atoms with E-state index in [1.807, 2.05) is 6.92 Å². The largest absolute Gasteiger partial charge is 0.325 e. The second-order valence-electron chi connectivity index (χ2n) is 3.04. The quantitative estimate of drug-likeness (QED) is 0.803. The van der Waals surface area contributed by atoms with Crippen molar-refractivity contribution in [3.8, 4) is 0 Å². The van der Waals surface area contributed by atoms with Crippen molar-refractivity contribution in [2.24, 2.45) is 0 Å². The van der Waals surface area contributed by atoms with Gasteiger partial charge in [-0.1, -0.05) is 13.3 Å². The summed E-state index contributed by atoms with van der Waals surface area (Å²) in [5, 5.41) is 2.58. The molecule has 0 aliphatic carbocycles. The molecule has 0 radical (unpaired) electrons. The van der Waals surface area contributed by atoms with Gasteiger partial charge in [-0.25, -0.2) is 4.39 Å². The summed E-state index contributed by atoms with van der Waals surface area (Å²) >= 11 is 0. The van der Waals surface area contributed by atoms with Crippen molar-refractivity contribution >= 4 is 11.6 Å². The molecule has 0 aromatic carbocycles. The Bertz CT molecular complexity index is 315. The van der Waals surface area contributed by atoms with Gasteiger partial charge >= 0.3 is 0 Å². The Labute approximate surface area is 82.4 Å². The molecule has 1 aromatic heterocycles. The first-order chi connectivity index (χ1) is 6.72. The Morgan fingerprint density at radius 3 is 3.00 bits per heavy atom. The zero-order valence-corrected chi connectivity index (χ0v) is 8.09. The van der Waals surface area contributed by atoms with E-state index in [0.717, 1.165) is 19.0 Å². The van der Waals surface area contributed by atoms with Gasteiger partial charge in [0.25, 0.3) is 0 Å². The van der Waals surface area contributed by atoms with E-state index in [4.69, 9.17) is 0 Å². The third-order valence-electron chi connectivity index (χ3n) is 1.75. The number of hydrogen-bond acceptors (Lipinski definition) is 2. The van der Waals surface area contributed by atoms with Crippen LogP contribution in [0.4, 0.5) is 10.1 Å². The van der Waals surface area contributed by atoms with Crippen molar-refractivity contribution in [2.75, 3.05) is 5.32 Å². The highest BCUT2D eigenvalue weighted by Gasteiger charge is 2.02. The maximum atomic E-state index is 12.7. The van der Waals surface area contributed by atoms with Crippen molar-refractivity contribution < 1.29 is 9.18 Å². The predicted octanol–water partition coefficient (Wildman–Crippen LogP) is 2.35. The number of halogens is 1. The van der Waals surface area contributed by atoms with Crippen LogP contribution in [0.3, 0.4) is 0 Å². The maximum Gasteiger partial charge on any atom is 0.224 e. The smallest absolute Gasteiger partial charge is 0.224 e. The van der Waals surface area contributed by atoms with Crippen LogP contribution < -0.4 is 5.32 Å². The maximum absolute atomic E-state index is 12.7. The van der Waals surface area contributed by atoms with Crippen LogP contribution in [-0.4, -0.2) is 10.9 Å². The van der Waals surface area contributed by atoms with Gasteiger partial charge in [-0.3, -0.25) is 9.78 Å². The van der Waals surface area contributed by atoms with Crippen LogP contribution in [0.15, 0.2) is 18.5 Å². The highest BCUT2D eigenvalue weighted by molar-refractivity contribution is 5.90. The Balaban J connectivity index is 2.47. The lowest BCUT2D eigenvalue weighted by Crippen LogP contribution is -2.11. The van der Waals surface area contributed by atoms with Crippen LogP contribution in [0.2, 0.25) is 0 Å². The van der Waals surface area contributed by atoms with Gasteiger partial charge in [0, 0.05) is 12.5 Å². The van der Waals surface area contributed by atoms with Crippen LogP contribution in [0, 0.1) is 5.82 Å². The number of unbranched alkanes of at least 4 members (excludes halogenated alkanes) is 1. The summed E-state index contributed by atoms with van der Waals surface area (Å²) in [5.74, 6) is -0.544. The summed E-state index contributed by atoms with van der Waals surface area (Å²) in [6, 6.07) is 1.25. The second kappa shape index (κ2) is 5.32. The van der Waals surface area contributed by atoms with E-state index >= 15 is 0 Å². The molecular weight excluding hydrogens is 183 g/mol. The molecule has 0 aliphatic heterocycles. The predicted molar refractivity (Wildman–Crippen MR) is 52.3 cm³/mol. The molecule has 14 heavy (non-hydrogen) atoms. The molecule has 0 spiro atoms. The minimum absolute atomic E-state index is 0.0979. The van der Waals surface area contributed by atoms with E-state index < -0.39 is 5.82 Å². The topological polar surface area (TPSA) is 42.0 Å². The fourth-order valence-corrected chi connectivity index (χ4v) is 1.04. The van der Waals surface area contributed by atoms with Crippen molar-refractivity contribution in [1.82, 2.24) is 4.98 Å². The zero-order chi connectivity index (χ0) is 10.4. The summed E-state index contributed by atoms with van der Waals surface area (Å²) in [4.78, 5) is 14.8. The van der Waals surface area contributed by atoms with E-state index in [1.54, 1.807) is 0 Å². The van der Waals surface area contributed by atoms with Crippen molar-refractivity contribution in [3.05, 3.63) is 24.3 Å². The molecule has 4 heteroatoms. The second-order valence-corrected chi connectivity index (χ2v) is 3.04. The summed E-state index contributed by atoms with van der Waals surface area (Å²) in [6.45, 7) is 2.01. The van der Waals surface area contributed by atoms with Gasteiger partial charge < -0.3 is 5.32 Å². The van der Waals surface area contributed by atoms with Gasteiger partial charge in [0.15, 0.2) is 0 Å². The lowest BCUT2D eigenvalue weighted by atomic mass is 10.2. The lowest BCUT2D eigenvalue weighted by molar-refractivity contribution is -0.116. The molecule has 0 saturated carbocycles. The molecule has 1 aromatic rings. The third-order valence-corrected chi connectivity index (χ3v) is 1.75. The van der Waals surface area contributed by atoms with Crippen LogP contribution in [-0.2, 0) is 4.79 Å². The number of rotatable bonds is 4. The summed E-state index contributed by atoms with van der Waals surface area (Å²) < 4.78 is 12.7. The van der Waals surface area contributed by atoms with Gasteiger partial charge in [-0.2, -0.15) is 0 Å². The number of carbonyl (C=O) groups excluding carboxylic acids is 1. The van der Waals surface area contributed by atoms with E-state index in [0.29, 0.717) is 12.1 Å². The average Bonchev–Trinajstić information content (AvgIpc) is 2.15. The number of hydrogen-bond donors (Lipinski definition) is 1. The van der Waals surface area contributed by atoms with Gasteiger partial charge in [0.1, 0.15) is 5.82 Å². The van der Waals surface area contributed by atoms with Crippen LogP contribution in [0.5, 0.6) is 0 Å². The van der Waals surface area contributed by atoms with E-state index in [1.165, 1.54) is 12.3 Å². The fraction of sp³-hybridized carbons (Fsp3) is 0.400. The molecule has 1 N–H and O–H groups in total. The number of carbonyl (C=O) groups is 1. The molecular formula is C10H13FN2O. The van der Waals surface area contributed by atoms with Gasteiger partial charge in [0.2, 0.25) is 5.91 Å². The first-order valence-corrected chi connectivity index (χ1v) is 4.62. The first-order valence-electron chi connectivity index (χ1n) is 4.62. The van der Waals surface area contributed by atoms with Gasteiger partial charge in [0.05, 0.1) is 18.1 Å². The number of nitrogens with zero attached hydrogens (tertiary/aromatic N) is 1. The highest BCUT2D eigenvalue weighted by atomic mass is 19.1. The monoisotopic (exact) mass is 196 g/mol. The average molecular weight is 196 g/mol. The lowest BCUT2D eigenvalue weighted by Gasteiger charge is -2.03. The normalized spacial score (nSPS) is 9.86. The van der Waals surface area contributed by atoms with E-state index in [-0.39, 0.29) is 5.91 Å². The molecule has 1 rings (SSSR count). The summed E-state index contributed by atoms with van der Waals surface area (Å²) in [7, 11) is 0. The van der Waals surface area contributed by atoms with Crippen molar-refractivity contribution in [3.63, 3.8) is 0 Å². The number of pyridine rings is 1. The molecule has 0 aliphatic rings. The Morgan fingerprint density at radius 2 is 2.36 bits per heavy atom. The third kappa shape index (κ3) is 3.51. The Morgan fingerprint density at radius 1 is 1.57 bits per heavy atom. The van der Waals surface area contributed by atoms with E-state index in [2.05, 4.69) is 10.3 Å².